The lowest BCUT2D eigenvalue weighted by atomic mass is 10.2. The van der Waals surface area contributed by atoms with Gasteiger partial charge in [0.05, 0.1) is 11.2 Å². The zero-order valence-electron chi connectivity index (χ0n) is 11.9. The van der Waals surface area contributed by atoms with Crippen molar-refractivity contribution in [1.29, 1.82) is 0 Å². The van der Waals surface area contributed by atoms with Crippen LogP contribution in [0.25, 0.3) is 0 Å². The lowest BCUT2D eigenvalue weighted by Crippen LogP contribution is -2.19. The number of hydrogen-bond acceptors (Lipinski definition) is 4. The van der Waals surface area contributed by atoms with Crippen molar-refractivity contribution in [2.75, 3.05) is 6.54 Å². The van der Waals surface area contributed by atoms with Gasteiger partial charge >= 0.3 is 0 Å². The van der Waals surface area contributed by atoms with Crippen LogP contribution in [0.2, 0.25) is 5.02 Å². The van der Waals surface area contributed by atoms with Gasteiger partial charge in [0.1, 0.15) is 5.75 Å². The first-order chi connectivity index (χ1) is 10.1. The first-order valence-electron chi connectivity index (χ1n) is 6.68. The van der Waals surface area contributed by atoms with Gasteiger partial charge in [0, 0.05) is 30.6 Å². The zero-order chi connectivity index (χ0) is 15.2. The van der Waals surface area contributed by atoms with E-state index in [4.69, 9.17) is 16.3 Å². The molecule has 0 fully saturated rings. The van der Waals surface area contributed by atoms with E-state index in [2.05, 4.69) is 29.1 Å². The number of nitrogens with one attached hydrogen (secondary N) is 1. The maximum absolute atomic E-state index is 14.3. The molecule has 21 heavy (non-hydrogen) atoms. The number of rotatable bonds is 6. The molecule has 0 bridgehead atoms. The third-order valence-electron chi connectivity index (χ3n) is 2.70. The molecule has 2 heterocycles. The molecule has 1 N–H and O–H groups in total. The molecule has 0 aromatic carbocycles. The molecule has 0 aliphatic rings. The van der Waals surface area contributed by atoms with Gasteiger partial charge in [0.2, 0.25) is 0 Å². The Kier molecular flexibility index (Phi) is 5.47. The maximum Gasteiger partial charge on any atom is 0.256 e. The molecule has 0 unspecified atom stereocenters. The lowest BCUT2D eigenvalue weighted by Gasteiger charge is -2.10. The molecule has 6 heteroatoms. The average Bonchev–Trinajstić information content (AvgIpc) is 2.42. The summed E-state index contributed by atoms with van der Waals surface area (Å²) < 4.78 is 19.7. The van der Waals surface area contributed by atoms with E-state index < -0.39 is 5.82 Å². The summed E-state index contributed by atoms with van der Waals surface area (Å²) in [5.74, 6) is 0.293. The van der Waals surface area contributed by atoms with E-state index in [9.17, 15) is 4.39 Å². The monoisotopic (exact) mass is 309 g/mol. The van der Waals surface area contributed by atoms with Gasteiger partial charge in [-0.3, -0.25) is 4.98 Å². The largest absolute Gasteiger partial charge is 0.435 e. The summed E-state index contributed by atoms with van der Waals surface area (Å²) in [6.07, 6.45) is 4.45. The van der Waals surface area contributed by atoms with Crippen molar-refractivity contribution in [3.05, 3.63) is 47.1 Å². The summed E-state index contributed by atoms with van der Waals surface area (Å²) in [4.78, 5) is 7.79. The fourth-order valence-corrected chi connectivity index (χ4v) is 1.89. The highest BCUT2D eigenvalue weighted by Crippen LogP contribution is 2.25. The molecule has 2 aromatic rings. The van der Waals surface area contributed by atoms with Gasteiger partial charge in [-0.15, -0.1) is 0 Å². The SMILES string of the molecule is CC(C)CNCc1ccnc(Oc2cncc(Cl)c2)c1F. The normalized spacial score (nSPS) is 10.9. The maximum atomic E-state index is 14.3. The summed E-state index contributed by atoms with van der Waals surface area (Å²) in [7, 11) is 0. The Morgan fingerprint density at radius 3 is 2.90 bits per heavy atom. The van der Waals surface area contributed by atoms with E-state index in [0.29, 0.717) is 28.8 Å². The van der Waals surface area contributed by atoms with Crippen LogP contribution in [-0.2, 0) is 6.54 Å². The van der Waals surface area contributed by atoms with Crippen LogP contribution in [0.1, 0.15) is 19.4 Å². The van der Waals surface area contributed by atoms with E-state index in [-0.39, 0.29) is 5.88 Å². The van der Waals surface area contributed by atoms with Gasteiger partial charge in [-0.25, -0.2) is 9.37 Å². The molecule has 0 amide bonds. The number of aromatic nitrogens is 2. The molecule has 0 aliphatic carbocycles. The van der Waals surface area contributed by atoms with Crippen molar-refractivity contribution in [3.8, 4) is 11.6 Å². The summed E-state index contributed by atoms with van der Waals surface area (Å²) >= 11 is 5.81. The molecular formula is C15H17ClFN3O. The quantitative estimate of drug-likeness (QED) is 0.881. The van der Waals surface area contributed by atoms with Gasteiger partial charge in [-0.2, -0.15) is 0 Å². The third kappa shape index (κ3) is 4.65. The Morgan fingerprint density at radius 1 is 1.38 bits per heavy atom. The molecule has 4 nitrogen and oxygen atoms in total. The molecule has 0 aliphatic heterocycles. The van der Waals surface area contributed by atoms with Crippen LogP contribution >= 0.6 is 11.6 Å². The molecule has 0 spiro atoms. The van der Waals surface area contributed by atoms with Gasteiger partial charge in [-0.05, 0) is 18.5 Å². The summed E-state index contributed by atoms with van der Waals surface area (Å²) in [5.41, 5.74) is 0.510. The Labute approximate surface area is 128 Å². The zero-order valence-corrected chi connectivity index (χ0v) is 12.7. The van der Waals surface area contributed by atoms with Crippen molar-refractivity contribution in [2.24, 2.45) is 5.92 Å². The fourth-order valence-electron chi connectivity index (χ4n) is 1.73. The third-order valence-corrected chi connectivity index (χ3v) is 2.91. The van der Waals surface area contributed by atoms with Gasteiger partial charge in [0.15, 0.2) is 5.82 Å². The number of hydrogen-bond donors (Lipinski definition) is 1. The second kappa shape index (κ2) is 7.33. The van der Waals surface area contributed by atoms with E-state index >= 15 is 0 Å². The van der Waals surface area contributed by atoms with Crippen LogP contribution in [0.5, 0.6) is 11.6 Å². The first kappa shape index (κ1) is 15.7. The molecule has 112 valence electrons. The van der Waals surface area contributed by atoms with Crippen molar-refractivity contribution in [2.45, 2.75) is 20.4 Å². The Hall–Kier alpha value is -1.72. The van der Waals surface area contributed by atoms with Crippen LogP contribution in [0.3, 0.4) is 0 Å². The number of halogens is 2. The highest BCUT2D eigenvalue weighted by molar-refractivity contribution is 6.30. The predicted octanol–water partition coefficient (Wildman–Crippen LogP) is 3.81. The van der Waals surface area contributed by atoms with Gasteiger partial charge in [-0.1, -0.05) is 25.4 Å². The fraction of sp³-hybridized carbons (Fsp3) is 0.333. The molecular weight excluding hydrogens is 293 g/mol. The minimum atomic E-state index is -0.478. The summed E-state index contributed by atoms with van der Waals surface area (Å²) in [5, 5.41) is 3.60. The van der Waals surface area contributed by atoms with Gasteiger partial charge in [0.25, 0.3) is 5.88 Å². The predicted molar refractivity (Wildman–Crippen MR) is 80.1 cm³/mol. The van der Waals surface area contributed by atoms with Crippen LogP contribution in [-0.4, -0.2) is 16.5 Å². The first-order valence-corrected chi connectivity index (χ1v) is 7.06. The Balaban J connectivity index is 2.10. The van der Waals surface area contributed by atoms with E-state index in [1.807, 2.05) is 0 Å². The van der Waals surface area contributed by atoms with E-state index in [0.717, 1.165) is 6.54 Å². The van der Waals surface area contributed by atoms with E-state index in [1.165, 1.54) is 18.6 Å². The smallest absolute Gasteiger partial charge is 0.256 e. The summed E-state index contributed by atoms with van der Waals surface area (Å²) in [6, 6.07) is 3.19. The highest BCUT2D eigenvalue weighted by Gasteiger charge is 2.12. The lowest BCUT2D eigenvalue weighted by molar-refractivity contribution is 0.415. The number of pyridine rings is 2. The standard InChI is InChI=1S/C15H17ClFN3O/c1-10(2)6-18-7-11-3-4-20-15(14(11)17)21-13-5-12(16)8-19-9-13/h3-5,8-10,18H,6-7H2,1-2H3. The second-order valence-corrected chi connectivity index (χ2v) is 5.49. The van der Waals surface area contributed by atoms with Crippen LogP contribution in [0.15, 0.2) is 30.7 Å². The average molecular weight is 310 g/mol. The highest BCUT2D eigenvalue weighted by atomic mass is 35.5. The van der Waals surface area contributed by atoms with Crippen molar-refractivity contribution < 1.29 is 9.13 Å². The van der Waals surface area contributed by atoms with Gasteiger partial charge < -0.3 is 10.1 Å². The second-order valence-electron chi connectivity index (χ2n) is 5.05. The molecule has 2 rings (SSSR count). The molecule has 2 aromatic heterocycles. The minimum absolute atomic E-state index is 0.0806. The van der Waals surface area contributed by atoms with Crippen molar-refractivity contribution in [3.63, 3.8) is 0 Å². The van der Waals surface area contributed by atoms with Crippen molar-refractivity contribution >= 4 is 11.6 Å². The Bertz CT molecular complexity index is 607. The van der Waals surface area contributed by atoms with Crippen LogP contribution < -0.4 is 10.1 Å². The molecule has 0 saturated carbocycles. The molecule has 0 radical (unpaired) electrons. The minimum Gasteiger partial charge on any atom is -0.435 e. The van der Waals surface area contributed by atoms with Crippen molar-refractivity contribution in [1.82, 2.24) is 15.3 Å². The van der Waals surface area contributed by atoms with Crippen LogP contribution in [0.4, 0.5) is 4.39 Å². The molecule has 0 saturated heterocycles. The topological polar surface area (TPSA) is 47.0 Å². The number of ether oxygens (including phenoxy) is 1. The van der Waals surface area contributed by atoms with Crippen LogP contribution in [0, 0.1) is 11.7 Å². The number of nitrogens with zero attached hydrogens (tertiary/aromatic N) is 2. The summed E-state index contributed by atoms with van der Waals surface area (Å²) in [6.45, 7) is 5.43. The van der Waals surface area contributed by atoms with E-state index in [1.54, 1.807) is 12.1 Å². The Morgan fingerprint density at radius 2 is 2.19 bits per heavy atom. The molecule has 0 atom stereocenters.